The molecule has 0 radical (unpaired) electrons. The lowest BCUT2D eigenvalue weighted by molar-refractivity contribution is 0.246. The zero-order valence-corrected chi connectivity index (χ0v) is 14.4. The van der Waals surface area contributed by atoms with E-state index in [1.54, 1.807) is 22.5 Å². The van der Waals surface area contributed by atoms with Crippen molar-refractivity contribution in [1.82, 2.24) is 9.21 Å². The topological polar surface area (TPSA) is 66.6 Å². The molecule has 21 heavy (non-hydrogen) atoms. The van der Waals surface area contributed by atoms with Gasteiger partial charge in [-0.15, -0.1) is 0 Å². The summed E-state index contributed by atoms with van der Waals surface area (Å²) in [7, 11) is -1.37. The van der Waals surface area contributed by atoms with Crippen molar-refractivity contribution in [2.75, 3.05) is 25.9 Å². The fourth-order valence-corrected chi connectivity index (χ4v) is 5.91. The second kappa shape index (κ2) is 5.53. The van der Waals surface area contributed by atoms with Crippen LogP contribution in [0.25, 0.3) is 0 Å². The highest BCUT2D eigenvalue weighted by Crippen LogP contribution is 2.33. The quantitative estimate of drug-likeness (QED) is 0.803. The maximum atomic E-state index is 12.9. The highest BCUT2D eigenvalue weighted by molar-refractivity contribution is 9.10. The van der Waals surface area contributed by atoms with Crippen molar-refractivity contribution in [3.63, 3.8) is 0 Å². The summed E-state index contributed by atoms with van der Waals surface area (Å²) in [5.74, 6) is 0. The monoisotopic (exact) mass is 373 g/mol. The minimum atomic E-state index is -3.47. The summed E-state index contributed by atoms with van der Waals surface area (Å²) in [4.78, 5) is 2.64. The molecule has 2 aliphatic rings. The lowest BCUT2D eigenvalue weighted by Crippen LogP contribution is -2.39. The van der Waals surface area contributed by atoms with Crippen LogP contribution in [0.5, 0.6) is 0 Å². The van der Waals surface area contributed by atoms with Crippen LogP contribution in [0, 0.1) is 0 Å². The predicted octanol–water partition coefficient (Wildman–Crippen LogP) is 1.89. The summed E-state index contributed by atoms with van der Waals surface area (Å²) in [6, 6.07) is 5.71. The Hall–Kier alpha value is -0.630. The Bertz CT molecular complexity index is 650. The molecule has 0 aromatic heterocycles. The molecule has 2 fully saturated rings. The molecule has 116 valence electrons. The number of benzene rings is 1. The average molecular weight is 374 g/mol. The summed E-state index contributed by atoms with van der Waals surface area (Å²) in [6.45, 7) is 1.16. The van der Waals surface area contributed by atoms with Crippen LogP contribution in [0.2, 0.25) is 0 Å². The van der Waals surface area contributed by atoms with Gasteiger partial charge in [-0.3, -0.25) is 4.90 Å². The van der Waals surface area contributed by atoms with Crippen LogP contribution in [0.15, 0.2) is 27.6 Å². The van der Waals surface area contributed by atoms with Crippen LogP contribution in [0.3, 0.4) is 0 Å². The van der Waals surface area contributed by atoms with Crippen molar-refractivity contribution in [2.24, 2.45) is 0 Å². The number of anilines is 1. The maximum Gasteiger partial charge on any atom is 0.244 e. The second-order valence-corrected chi connectivity index (χ2v) is 8.65. The van der Waals surface area contributed by atoms with Crippen LogP contribution in [-0.2, 0) is 10.0 Å². The van der Waals surface area contributed by atoms with Crippen LogP contribution in [-0.4, -0.2) is 49.8 Å². The van der Waals surface area contributed by atoms with Crippen LogP contribution in [0.1, 0.15) is 19.3 Å². The Kier molecular flexibility index (Phi) is 4.02. The molecule has 0 saturated carbocycles. The first-order valence-corrected chi connectivity index (χ1v) is 9.40. The molecule has 2 heterocycles. The molecule has 7 heteroatoms. The third-order valence-electron chi connectivity index (χ3n) is 4.68. The Morgan fingerprint density at radius 1 is 1.24 bits per heavy atom. The molecule has 1 aromatic carbocycles. The van der Waals surface area contributed by atoms with Gasteiger partial charge in [0.15, 0.2) is 0 Å². The standard InChI is InChI=1S/C14H20BrN3O2S/c1-17-11-3-4-12(17)9-18(7-6-11)21(19,20)14-5-2-10(16)8-13(14)15/h2,5,8,11-12H,3-4,6-7,9,16H2,1H3. The zero-order valence-electron chi connectivity index (χ0n) is 12.0. The van der Waals surface area contributed by atoms with Crippen molar-refractivity contribution in [3.8, 4) is 0 Å². The van der Waals surface area contributed by atoms with Crippen molar-refractivity contribution in [3.05, 3.63) is 22.7 Å². The van der Waals surface area contributed by atoms with E-state index < -0.39 is 10.0 Å². The van der Waals surface area contributed by atoms with E-state index in [0.717, 1.165) is 12.8 Å². The molecule has 2 unspecified atom stereocenters. The minimum Gasteiger partial charge on any atom is -0.399 e. The van der Waals surface area contributed by atoms with E-state index in [-0.39, 0.29) is 0 Å². The number of sulfonamides is 1. The number of nitrogen functional groups attached to an aromatic ring is 1. The van der Waals surface area contributed by atoms with Gasteiger partial charge in [0.25, 0.3) is 0 Å². The van der Waals surface area contributed by atoms with Gasteiger partial charge in [-0.1, -0.05) is 0 Å². The zero-order chi connectivity index (χ0) is 15.2. The van der Waals surface area contributed by atoms with Crippen molar-refractivity contribution >= 4 is 31.6 Å². The fraction of sp³-hybridized carbons (Fsp3) is 0.571. The van der Waals surface area contributed by atoms with E-state index >= 15 is 0 Å². The third-order valence-corrected chi connectivity index (χ3v) is 7.53. The number of fused-ring (bicyclic) bond motifs is 2. The molecular formula is C14H20BrN3O2S. The van der Waals surface area contributed by atoms with Crippen molar-refractivity contribution in [1.29, 1.82) is 0 Å². The van der Waals surface area contributed by atoms with E-state index in [0.29, 0.717) is 40.2 Å². The predicted molar refractivity (Wildman–Crippen MR) is 86.5 cm³/mol. The Labute approximate surface area is 134 Å². The average Bonchev–Trinajstić information content (AvgIpc) is 2.61. The highest BCUT2D eigenvalue weighted by Gasteiger charge is 2.39. The number of hydrogen-bond acceptors (Lipinski definition) is 4. The molecule has 2 saturated heterocycles. The minimum absolute atomic E-state index is 0.303. The van der Waals surface area contributed by atoms with E-state index in [4.69, 9.17) is 5.73 Å². The Morgan fingerprint density at radius 2 is 1.95 bits per heavy atom. The van der Waals surface area contributed by atoms with E-state index in [1.165, 1.54) is 6.42 Å². The molecular weight excluding hydrogens is 354 g/mol. The van der Waals surface area contributed by atoms with E-state index in [1.807, 2.05) is 0 Å². The fourth-order valence-electron chi connectivity index (χ4n) is 3.36. The molecule has 0 spiro atoms. The largest absolute Gasteiger partial charge is 0.399 e. The van der Waals surface area contributed by atoms with Gasteiger partial charge in [0.05, 0.1) is 4.90 Å². The van der Waals surface area contributed by atoms with Gasteiger partial charge in [0, 0.05) is 35.3 Å². The van der Waals surface area contributed by atoms with Crippen LogP contribution < -0.4 is 5.73 Å². The summed E-state index contributed by atoms with van der Waals surface area (Å²) in [6.07, 6.45) is 3.16. The SMILES string of the molecule is CN1C2CCC1CN(S(=O)(=O)c1ccc(N)cc1Br)CC2. The van der Waals surface area contributed by atoms with Gasteiger partial charge in [0.2, 0.25) is 10.0 Å². The number of nitrogens with two attached hydrogens (primary N) is 1. The summed E-state index contributed by atoms with van der Waals surface area (Å²) in [5, 5.41) is 0. The van der Waals surface area contributed by atoms with Gasteiger partial charge in [-0.25, -0.2) is 8.42 Å². The Morgan fingerprint density at radius 3 is 2.67 bits per heavy atom. The summed E-state index contributed by atoms with van der Waals surface area (Å²) >= 11 is 3.33. The van der Waals surface area contributed by atoms with Gasteiger partial charge in [-0.05, 0) is 60.4 Å². The molecule has 2 N–H and O–H groups in total. The maximum absolute atomic E-state index is 12.9. The van der Waals surface area contributed by atoms with Crippen molar-refractivity contribution in [2.45, 2.75) is 36.2 Å². The summed E-state index contributed by atoms with van der Waals surface area (Å²) < 4.78 is 27.9. The van der Waals surface area contributed by atoms with E-state index in [9.17, 15) is 8.42 Å². The van der Waals surface area contributed by atoms with Gasteiger partial charge in [0.1, 0.15) is 0 Å². The second-order valence-electron chi connectivity index (χ2n) is 5.89. The van der Waals surface area contributed by atoms with Gasteiger partial charge < -0.3 is 5.73 Å². The van der Waals surface area contributed by atoms with E-state index in [2.05, 4.69) is 27.9 Å². The van der Waals surface area contributed by atoms with Gasteiger partial charge >= 0.3 is 0 Å². The molecule has 2 aliphatic heterocycles. The highest BCUT2D eigenvalue weighted by atomic mass is 79.9. The molecule has 0 aliphatic carbocycles. The van der Waals surface area contributed by atoms with Crippen LogP contribution >= 0.6 is 15.9 Å². The number of halogens is 1. The molecule has 2 atom stereocenters. The first kappa shape index (κ1) is 15.3. The number of likely N-dealkylation sites (N-methyl/N-ethyl adjacent to an activating group) is 1. The molecule has 1 aromatic rings. The Balaban J connectivity index is 1.91. The van der Waals surface area contributed by atoms with Crippen LogP contribution in [0.4, 0.5) is 5.69 Å². The smallest absolute Gasteiger partial charge is 0.244 e. The molecule has 5 nitrogen and oxygen atoms in total. The first-order chi connectivity index (χ1) is 9.89. The lowest BCUT2D eigenvalue weighted by atomic mass is 10.1. The number of hydrogen-bond donors (Lipinski definition) is 1. The lowest BCUT2D eigenvalue weighted by Gasteiger charge is -2.25. The normalized spacial score (nSPS) is 27.7. The molecule has 0 amide bonds. The first-order valence-electron chi connectivity index (χ1n) is 7.16. The molecule has 2 bridgehead atoms. The summed E-state index contributed by atoms with van der Waals surface area (Å²) in [5.41, 5.74) is 6.25. The third kappa shape index (κ3) is 2.72. The van der Waals surface area contributed by atoms with Crippen molar-refractivity contribution < 1.29 is 8.42 Å². The number of nitrogens with zero attached hydrogens (tertiary/aromatic N) is 2. The molecule has 3 rings (SSSR count). The number of rotatable bonds is 2. The van der Waals surface area contributed by atoms with Gasteiger partial charge in [-0.2, -0.15) is 4.31 Å².